The maximum absolute atomic E-state index is 12.5. The van der Waals surface area contributed by atoms with Gasteiger partial charge in [0.15, 0.2) is 0 Å². The van der Waals surface area contributed by atoms with E-state index in [1.54, 1.807) is 29.2 Å². The molecule has 21 heavy (non-hydrogen) atoms. The third-order valence-corrected chi connectivity index (χ3v) is 5.87. The zero-order valence-electron chi connectivity index (χ0n) is 11.9. The number of hydrogen-bond donors (Lipinski definition) is 1. The van der Waals surface area contributed by atoms with Gasteiger partial charge in [-0.15, -0.1) is 0 Å². The normalized spacial score (nSPS) is 22.9. The Balaban J connectivity index is 1.68. The number of carbonyl (C=O) groups excluding carboxylic acids is 1. The summed E-state index contributed by atoms with van der Waals surface area (Å²) in [6, 6.07) is 8.89. The van der Waals surface area contributed by atoms with E-state index in [0.717, 1.165) is 19.3 Å². The summed E-state index contributed by atoms with van der Waals surface area (Å²) >= 11 is 0. The minimum absolute atomic E-state index is 0.134. The Hall–Kier alpha value is -1.56. The highest BCUT2D eigenvalue weighted by Gasteiger charge is 2.38. The molecule has 1 saturated carbocycles. The Morgan fingerprint density at radius 2 is 1.86 bits per heavy atom. The lowest BCUT2D eigenvalue weighted by Gasteiger charge is -2.32. The number of para-hydroxylation sites is 1. The van der Waals surface area contributed by atoms with Gasteiger partial charge >= 0.3 is 0 Å². The highest BCUT2D eigenvalue weighted by molar-refractivity contribution is 7.93. The fourth-order valence-corrected chi connectivity index (χ4v) is 4.22. The van der Waals surface area contributed by atoms with Crippen LogP contribution in [0, 0.1) is 5.92 Å². The van der Waals surface area contributed by atoms with Crippen LogP contribution in [0.2, 0.25) is 0 Å². The second-order valence-corrected chi connectivity index (χ2v) is 7.80. The first kappa shape index (κ1) is 14.4. The van der Waals surface area contributed by atoms with Crippen LogP contribution in [0.5, 0.6) is 0 Å². The van der Waals surface area contributed by atoms with Gasteiger partial charge in [-0.05, 0) is 37.8 Å². The minimum atomic E-state index is -3.45. The third kappa shape index (κ3) is 3.37. The number of carbonyl (C=O) groups is 1. The molecule has 2 aliphatic rings. The molecule has 0 aromatic heterocycles. The van der Waals surface area contributed by atoms with Crippen molar-refractivity contribution in [3.05, 3.63) is 30.3 Å². The maximum atomic E-state index is 12.5. The number of nitrogens with one attached hydrogen (secondary N) is 1. The van der Waals surface area contributed by atoms with Crippen LogP contribution in [-0.4, -0.2) is 37.6 Å². The Morgan fingerprint density at radius 1 is 1.14 bits per heavy atom. The van der Waals surface area contributed by atoms with Crippen LogP contribution in [0.25, 0.3) is 0 Å². The van der Waals surface area contributed by atoms with Gasteiger partial charge in [0, 0.05) is 24.7 Å². The van der Waals surface area contributed by atoms with Crippen molar-refractivity contribution in [3.8, 4) is 0 Å². The Labute approximate surface area is 125 Å². The molecule has 1 atom stereocenters. The summed E-state index contributed by atoms with van der Waals surface area (Å²) in [6.45, 7) is 1.00. The number of hydrogen-bond acceptors (Lipinski definition) is 3. The summed E-state index contributed by atoms with van der Waals surface area (Å²) in [5.41, 5.74) is 0.572. The van der Waals surface area contributed by atoms with E-state index in [1.165, 1.54) is 0 Å². The van der Waals surface area contributed by atoms with Gasteiger partial charge in [-0.2, -0.15) is 0 Å². The summed E-state index contributed by atoms with van der Waals surface area (Å²) in [7, 11) is -3.45. The Bertz CT molecular complexity index is 611. The predicted molar refractivity (Wildman–Crippen MR) is 81.3 cm³/mol. The van der Waals surface area contributed by atoms with Crippen molar-refractivity contribution in [3.63, 3.8) is 0 Å². The van der Waals surface area contributed by atoms with E-state index in [4.69, 9.17) is 0 Å². The topological polar surface area (TPSA) is 66.5 Å². The van der Waals surface area contributed by atoms with Gasteiger partial charge in [0.2, 0.25) is 15.9 Å². The highest BCUT2D eigenvalue weighted by atomic mass is 32.2. The zero-order chi connectivity index (χ0) is 14.9. The number of nitrogens with zero attached hydrogens (tertiary/aromatic N) is 1. The van der Waals surface area contributed by atoms with Crippen LogP contribution < -0.4 is 4.72 Å². The van der Waals surface area contributed by atoms with Gasteiger partial charge < -0.3 is 4.90 Å². The number of rotatable bonds is 4. The second-order valence-electron chi connectivity index (χ2n) is 5.84. The molecule has 5 nitrogen and oxygen atoms in total. The van der Waals surface area contributed by atoms with E-state index in [1.807, 2.05) is 6.07 Å². The minimum Gasteiger partial charge on any atom is -0.341 e. The molecular weight excluding hydrogens is 288 g/mol. The van der Waals surface area contributed by atoms with E-state index in [9.17, 15) is 13.2 Å². The fraction of sp³-hybridized carbons (Fsp3) is 0.533. The van der Waals surface area contributed by atoms with Crippen LogP contribution in [0.4, 0.5) is 5.69 Å². The predicted octanol–water partition coefficient (Wildman–Crippen LogP) is 1.83. The van der Waals surface area contributed by atoms with Gasteiger partial charge in [-0.25, -0.2) is 8.42 Å². The molecule has 0 spiro atoms. The summed E-state index contributed by atoms with van der Waals surface area (Å²) in [5, 5.41) is -0.519. The Kier molecular flexibility index (Phi) is 3.89. The molecule has 1 aromatic carbocycles. The first-order chi connectivity index (χ1) is 10.1. The lowest BCUT2D eigenvalue weighted by molar-refractivity contribution is -0.133. The van der Waals surface area contributed by atoms with E-state index >= 15 is 0 Å². The van der Waals surface area contributed by atoms with E-state index < -0.39 is 15.3 Å². The van der Waals surface area contributed by atoms with E-state index in [-0.39, 0.29) is 11.8 Å². The molecule has 1 aromatic rings. The van der Waals surface area contributed by atoms with Crippen LogP contribution >= 0.6 is 0 Å². The van der Waals surface area contributed by atoms with Crippen molar-refractivity contribution in [2.75, 3.05) is 17.8 Å². The summed E-state index contributed by atoms with van der Waals surface area (Å²) in [6.07, 6.45) is 3.26. The molecule has 0 unspecified atom stereocenters. The summed E-state index contributed by atoms with van der Waals surface area (Å²) in [4.78, 5) is 13.8. The van der Waals surface area contributed by atoms with Crippen molar-refractivity contribution >= 4 is 21.6 Å². The van der Waals surface area contributed by atoms with Crippen LogP contribution in [0.15, 0.2) is 30.3 Å². The van der Waals surface area contributed by atoms with Crippen molar-refractivity contribution in [2.24, 2.45) is 5.92 Å². The molecule has 1 N–H and O–H groups in total. The number of likely N-dealkylation sites (tertiary alicyclic amines) is 1. The summed E-state index contributed by atoms with van der Waals surface area (Å²) < 4.78 is 27.5. The number of piperidine rings is 1. The number of anilines is 1. The average molecular weight is 308 g/mol. The van der Waals surface area contributed by atoms with Gasteiger partial charge in [-0.1, -0.05) is 18.2 Å². The molecule has 0 radical (unpaired) electrons. The van der Waals surface area contributed by atoms with Crippen molar-refractivity contribution in [1.29, 1.82) is 0 Å². The van der Waals surface area contributed by atoms with Gasteiger partial charge in [0.25, 0.3) is 0 Å². The first-order valence-corrected chi connectivity index (χ1v) is 8.96. The van der Waals surface area contributed by atoms with Crippen molar-refractivity contribution < 1.29 is 13.2 Å². The van der Waals surface area contributed by atoms with E-state index in [0.29, 0.717) is 25.2 Å². The lowest BCUT2D eigenvalue weighted by atomic mass is 10.1. The largest absolute Gasteiger partial charge is 0.341 e. The average Bonchev–Trinajstić information content (AvgIpc) is 3.32. The quantitative estimate of drug-likeness (QED) is 0.923. The molecule has 1 saturated heterocycles. The van der Waals surface area contributed by atoms with Gasteiger partial charge in [0.05, 0.1) is 5.25 Å². The van der Waals surface area contributed by atoms with Crippen LogP contribution in [-0.2, 0) is 14.8 Å². The van der Waals surface area contributed by atoms with Gasteiger partial charge in [-0.3, -0.25) is 9.52 Å². The van der Waals surface area contributed by atoms with Crippen LogP contribution in [0.3, 0.4) is 0 Å². The second kappa shape index (κ2) is 5.67. The molecule has 3 rings (SSSR count). The van der Waals surface area contributed by atoms with Crippen molar-refractivity contribution in [1.82, 2.24) is 4.90 Å². The molecule has 1 heterocycles. The number of benzene rings is 1. The molecule has 0 bridgehead atoms. The summed E-state index contributed by atoms with van der Waals surface area (Å²) in [5.74, 6) is 0.281. The molecule has 1 aliphatic heterocycles. The molecule has 1 aliphatic carbocycles. The lowest BCUT2D eigenvalue weighted by Crippen LogP contribution is -2.47. The zero-order valence-corrected chi connectivity index (χ0v) is 12.7. The van der Waals surface area contributed by atoms with E-state index in [2.05, 4.69) is 4.72 Å². The monoisotopic (exact) mass is 308 g/mol. The first-order valence-electron chi connectivity index (χ1n) is 7.42. The number of sulfonamides is 1. The molecule has 1 amide bonds. The highest BCUT2D eigenvalue weighted by Crippen LogP contribution is 2.32. The maximum Gasteiger partial charge on any atom is 0.237 e. The standard InChI is InChI=1S/C15H20N2O3S/c18-15(12-8-9-12)17-10-4-7-14(11-17)21(19,20)16-13-5-2-1-3-6-13/h1-3,5-6,12,14,16H,4,7-11H2/t14-/m1/s1. The molecule has 114 valence electrons. The SMILES string of the molecule is O=C(C1CC1)N1CCC[C@@H](S(=O)(=O)Nc2ccccc2)C1. The third-order valence-electron chi connectivity index (χ3n) is 4.09. The molecule has 2 fully saturated rings. The van der Waals surface area contributed by atoms with Gasteiger partial charge in [0.1, 0.15) is 0 Å². The molecular formula is C15H20N2O3S. The van der Waals surface area contributed by atoms with Crippen LogP contribution in [0.1, 0.15) is 25.7 Å². The number of amides is 1. The molecule has 6 heteroatoms. The Morgan fingerprint density at radius 3 is 2.52 bits per heavy atom. The fourth-order valence-electron chi connectivity index (χ4n) is 2.73. The smallest absolute Gasteiger partial charge is 0.237 e. The van der Waals surface area contributed by atoms with Crippen molar-refractivity contribution in [2.45, 2.75) is 30.9 Å².